The van der Waals surface area contributed by atoms with Crippen molar-refractivity contribution >= 4 is 23.9 Å². The van der Waals surface area contributed by atoms with E-state index in [0.717, 1.165) is 36.8 Å². The largest absolute Gasteiger partial charge is 0.460 e. The Labute approximate surface area is 232 Å². The number of amides is 3. The second kappa shape index (κ2) is 12.0. The monoisotopic (exact) mass is 543 g/mol. The topological polar surface area (TPSA) is 128 Å². The number of nitrogens with two attached hydrogens (primary N) is 1. The van der Waals surface area contributed by atoms with Crippen LogP contribution in [0.15, 0.2) is 18.2 Å². The van der Waals surface area contributed by atoms with Gasteiger partial charge in [-0.1, -0.05) is 19.1 Å². The van der Waals surface area contributed by atoms with Gasteiger partial charge in [0.25, 0.3) is 5.91 Å². The SMILES string of the molecule is CC1CC[C@H](NC(=O)OC(C)(C)C)[C@@H](Cc2ccc3c(c2)CN([C@@H](CCC(=O)OC(C)(C)C)C(N)=O)C3=O)C1. The number of carbonyl (C=O) groups excluding carboxylic acids is 4. The number of esters is 1. The number of hydrogen-bond donors (Lipinski definition) is 2. The summed E-state index contributed by atoms with van der Waals surface area (Å²) in [5.74, 6) is -0.553. The van der Waals surface area contributed by atoms with Crippen LogP contribution in [0.1, 0.15) is 102 Å². The molecule has 1 aromatic rings. The Balaban J connectivity index is 1.69. The normalized spacial score (nSPS) is 22.2. The van der Waals surface area contributed by atoms with Gasteiger partial charge in [-0.25, -0.2) is 4.79 Å². The Morgan fingerprint density at radius 3 is 2.36 bits per heavy atom. The number of primary amides is 1. The van der Waals surface area contributed by atoms with Crippen molar-refractivity contribution in [1.82, 2.24) is 10.2 Å². The van der Waals surface area contributed by atoms with E-state index in [9.17, 15) is 19.2 Å². The molecule has 1 unspecified atom stereocenters. The average Bonchev–Trinajstić information content (AvgIpc) is 3.08. The number of nitrogens with zero attached hydrogens (tertiary/aromatic N) is 1. The molecule has 3 N–H and O–H groups in total. The van der Waals surface area contributed by atoms with Crippen LogP contribution in [-0.2, 0) is 32.0 Å². The molecule has 3 amide bonds. The minimum Gasteiger partial charge on any atom is -0.460 e. The van der Waals surface area contributed by atoms with E-state index in [-0.39, 0.29) is 37.3 Å². The highest BCUT2D eigenvalue weighted by Crippen LogP contribution is 2.34. The van der Waals surface area contributed by atoms with Gasteiger partial charge < -0.3 is 25.4 Å². The molecular formula is C30H45N3O6. The molecule has 216 valence electrons. The molecule has 0 aromatic heterocycles. The predicted molar refractivity (Wildman–Crippen MR) is 148 cm³/mol. The molecule has 0 spiro atoms. The van der Waals surface area contributed by atoms with Gasteiger partial charge in [-0.15, -0.1) is 0 Å². The summed E-state index contributed by atoms with van der Waals surface area (Å²) in [5.41, 5.74) is 6.92. The lowest BCUT2D eigenvalue weighted by Gasteiger charge is -2.36. The van der Waals surface area contributed by atoms with Crippen molar-refractivity contribution in [3.63, 3.8) is 0 Å². The van der Waals surface area contributed by atoms with Crippen LogP contribution in [0.5, 0.6) is 0 Å². The quantitative estimate of drug-likeness (QED) is 0.465. The van der Waals surface area contributed by atoms with E-state index in [4.69, 9.17) is 15.2 Å². The number of benzene rings is 1. The number of ether oxygens (including phenoxy) is 2. The minimum absolute atomic E-state index is 0.00883. The highest BCUT2D eigenvalue weighted by atomic mass is 16.6. The number of alkyl carbamates (subject to hydrolysis) is 1. The first-order chi connectivity index (χ1) is 18.0. The lowest BCUT2D eigenvalue weighted by Crippen LogP contribution is -2.46. The van der Waals surface area contributed by atoms with E-state index in [1.165, 1.54) is 4.90 Å². The van der Waals surface area contributed by atoms with E-state index in [0.29, 0.717) is 11.5 Å². The lowest BCUT2D eigenvalue weighted by atomic mass is 9.76. The van der Waals surface area contributed by atoms with Crippen molar-refractivity contribution in [1.29, 1.82) is 0 Å². The zero-order valence-corrected chi connectivity index (χ0v) is 24.5. The summed E-state index contributed by atoms with van der Waals surface area (Å²) in [6, 6.07) is 4.88. The second-order valence-electron chi connectivity index (χ2n) is 13.1. The van der Waals surface area contributed by atoms with Crippen molar-refractivity contribution in [2.24, 2.45) is 17.6 Å². The fourth-order valence-corrected chi connectivity index (χ4v) is 5.55. The smallest absolute Gasteiger partial charge is 0.407 e. The Morgan fingerprint density at radius 1 is 1.08 bits per heavy atom. The molecule has 1 aliphatic heterocycles. The number of carbonyl (C=O) groups is 4. The maximum absolute atomic E-state index is 13.2. The van der Waals surface area contributed by atoms with Crippen LogP contribution in [0.25, 0.3) is 0 Å². The molecule has 1 saturated carbocycles. The van der Waals surface area contributed by atoms with Crippen LogP contribution in [0, 0.1) is 11.8 Å². The van der Waals surface area contributed by atoms with Crippen molar-refractivity contribution in [3.8, 4) is 0 Å². The molecule has 1 heterocycles. The van der Waals surface area contributed by atoms with Gasteiger partial charge in [0.1, 0.15) is 17.2 Å². The fraction of sp³-hybridized carbons (Fsp3) is 0.667. The molecule has 1 fully saturated rings. The summed E-state index contributed by atoms with van der Waals surface area (Å²) in [7, 11) is 0. The van der Waals surface area contributed by atoms with Gasteiger partial charge in [0.15, 0.2) is 0 Å². The molecule has 1 aliphatic carbocycles. The maximum atomic E-state index is 13.2. The van der Waals surface area contributed by atoms with Gasteiger partial charge >= 0.3 is 12.1 Å². The predicted octanol–water partition coefficient (Wildman–Crippen LogP) is 4.49. The molecule has 0 bridgehead atoms. The highest BCUT2D eigenvalue weighted by Gasteiger charge is 2.37. The number of rotatable bonds is 8. The molecule has 4 atom stereocenters. The average molecular weight is 544 g/mol. The molecule has 3 rings (SSSR count). The second-order valence-corrected chi connectivity index (χ2v) is 13.1. The Morgan fingerprint density at radius 2 is 1.74 bits per heavy atom. The summed E-state index contributed by atoms with van der Waals surface area (Å²) in [5, 5.41) is 3.08. The summed E-state index contributed by atoms with van der Waals surface area (Å²) in [6.07, 6.45) is 3.37. The zero-order valence-electron chi connectivity index (χ0n) is 24.5. The van der Waals surface area contributed by atoms with Gasteiger partial charge in [0, 0.05) is 24.6 Å². The molecular weight excluding hydrogens is 498 g/mol. The van der Waals surface area contributed by atoms with Gasteiger partial charge in [0.2, 0.25) is 5.91 Å². The van der Waals surface area contributed by atoms with Crippen LogP contribution in [-0.4, -0.2) is 52.1 Å². The minimum atomic E-state index is -0.900. The summed E-state index contributed by atoms with van der Waals surface area (Å²) in [4.78, 5) is 51.6. The van der Waals surface area contributed by atoms with E-state index in [1.807, 2.05) is 39.0 Å². The van der Waals surface area contributed by atoms with Gasteiger partial charge in [-0.3, -0.25) is 14.4 Å². The van der Waals surface area contributed by atoms with Crippen molar-refractivity contribution < 1.29 is 28.7 Å². The first-order valence-electron chi connectivity index (χ1n) is 14.0. The number of nitrogens with one attached hydrogen (secondary N) is 1. The van der Waals surface area contributed by atoms with Crippen molar-refractivity contribution in [3.05, 3.63) is 34.9 Å². The van der Waals surface area contributed by atoms with Crippen molar-refractivity contribution in [2.75, 3.05) is 0 Å². The van der Waals surface area contributed by atoms with E-state index < -0.39 is 35.2 Å². The summed E-state index contributed by atoms with van der Waals surface area (Å²) < 4.78 is 10.8. The molecule has 2 aliphatic rings. The zero-order chi connectivity index (χ0) is 29.1. The Hall–Kier alpha value is -3.10. The first kappa shape index (κ1) is 30.4. The molecule has 0 saturated heterocycles. The van der Waals surface area contributed by atoms with Gasteiger partial charge in [0.05, 0.1) is 0 Å². The Bertz CT molecular complexity index is 1090. The number of hydrogen-bond acceptors (Lipinski definition) is 6. The first-order valence-corrected chi connectivity index (χ1v) is 14.0. The third-order valence-corrected chi connectivity index (χ3v) is 7.19. The van der Waals surface area contributed by atoms with E-state index in [1.54, 1.807) is 20.8 Å². The molecule has 9 heteroatoms. The standard InChI is InChI=1S/C30H45N3O6/c1-18-8-11-23(32-28(37)39-30(5,6)7)20(14-18)15-19-9-10-22-21(16-19)17-33(27(22)36)24(26(31)35)12-13-25(34)38-29(2,3)4/h9-10,16,18,20,23-24H,8,11-15,17H2,1-7H3,(H2,31,35)(H,32,37)/t18?,20-,23+,24+/m1/s1. The number of fused-ring (bicyclic) bond motifs is 1. The molecule has 1 aromatic carbocycles. The third-order valence-electron chi connectivity index (χ3n) is 7.19. The van der Waals surface area contributed by atoms with E-state index in [2.05, 4.69) is 12.2 Å². The third kappa shape index (κ3) is 8.70. The van der Waals surface area contributed by atoms with Crippen LogP contribution in [0.2, 0.25) is 0 Å². The van der Waals surface area contributed by atoms with Gasteiger partial charge in [-0.05, 0) is 103 Å². The molecule has 9 nitrogen and oxygen atoms in total. The van der Waals surface area contributed by atoms with E-state index >= 15 is 0 Å². The Kier molecular flexibility index (Phi) is 9.34. The van der Waals surface area contributed by atoms with Crippen LogP contribution >= 0.6 is 0 Å². The maximum Gasteiger partial charge on any atom is 0.407 e. The fourth-order valence-electron chi connectivity index (χ4n) is 5.55. The lowest BCUT2D eigenvalue weighted by molar-refractivity contribution is -0.155. The highest BCUT2D eigenvalue weighted by molar-refractivity contribution is 6.01. The molecule has 39 heavy (non-hydrogen) atoms. The van der Waals surface area contributed by atoms with Crippen LogP contribution in [0.4, 0.5) is 4.79 Å². The summed E-state index contributed by atoms with van der Waals surface area (Å²) in [6.45, 7) is 13.4. The summed E-state index contributed by atoms with van der Waals surface area (Å²) >= 11 is 0. The van der Waals surface area contributed by atoms with Crippen molar-refractivity contribution in [2.45, 2.75) is 117 Å². The van der Waals surface area contributed by atoms with Gasteiger partial charge in [-0.2, -0.15) is 0 Å². The molecule has 0 radical (unpaired) electrons. The van der Waals surface area contributed by atoms with Crippen LogP contribution in [0.3, 0.4) is 0 Å². The van der Waals surface area contributed by atoms with Crippen LogP contribution < -0.4 is 11.1 Å².